The molecule has 1 aromatic rings. The number of anilines is 1. The van der Waals surface area contributed by atoms with E-state index in [-0.39, 0.29) is 0 Å². The Labute approximate surface area is 103 Å². The summed E-state index contributed by atoms with van der Waals surface area (Å²) in [7, 11) is 0. The third-order valence-electron chi connectivity index (χ3n) is 3.14. The predicted molar refractivity (Wildman–Crippen MR) is 70.0 cm³/mol. The summed E-state index contributed by atoms with van der Waals surface area (Å²) >= 11 is 0. The van der Waals surface area contributed by atoms with E-state index < -0.39 is 0 Å². The molecule has 0 aromatic heterocycles. The first-order chi connectivity index (χ1) is 8.20. The molecular formula is C14H21NO2. The largest absolute Gasteiger partial charge is 0.486 e. The summed E-state index contributed by atoms with van der Waals surface area (Å²) in [6.45, 7) is 7.95. The van der Waals surface area contributed by atoms with Gasteiger partial charge in [-0.3, -0.25) is 0 Å². The molecule has 0 bridgehead atoms. The molecule has 1 aromatic carbocycles. The Morgan fingerprint density at radius 1 is 1.18 bits per heavy atom. The zero-order valence-electron chi connectivity index (χ0n) is 10.8. The van der Waals surface area contributed by atoms with Crippen molar-refractivity contribution in [2.45, 2.75) is 33.2 Å². The average molecular weight is 235 g/mol. The van der Waals surface area contributed by atoms with Gasteiger partial charge in [0.1, 0.15) is 13.2 Å². The van der Waals surface area contributed by atoms with Gasteiger partial charge in [-0.1, -0.05) is 20.8 Å². The van der Waals surface area contributed by atoms with E-state index in [0.29, 0.717) is 25.2 Å². The Balaban J connectivity index is 2.11. The van der Waals surface area contributed by atoms with Crippen LogP contribution in [0.1, 0.15) is 27.2 Å². The molecule has 0 fully saturated rings. The smallest absolute Gasteiger partial charge is 0.163 e. The quantitative estimate of drug-likeness (QED) is 0.868. The molecule has 1 N–H and O–H groups in total. The molecule has 0 spiro atoms. The normalized spacial score (nSPS) is 15.8. The molecule has 0 radical (unpaired) electrons. The minimum absolute atomic E-state index is 0.498. The Morgan fingerprint density at radius 2 is 1.88 bits per heavy atom. The van der Waals surface area contributed by atoms with E-state index in [1.807, 2.05) is 12.1 Å². The van der Waals surface area contributed by atoms with Gasteiger partial charge >= 0.3 is 0 Å². The van der Waals surface area contributed by atoms with Crippen LogP contribution in [0.3, 0.4) is 0 Å². The van der Waals surface area contributed by atoms with Crippen LogP contribution >= 0.6 is 0 Å². The molecule has 1 unspecified atom stereocenters. The van der Waals surface area contributed by atoms with Crippen LogP contribution in [0.4, 0.5) is 5.69 Å². The first-order valence-corrected chi connectivity index (χ1v) is 6.37. The Kier molecular flexibility index (Phi) is 3.77. The second kappa shape index (κ2) is 5.30. The summed E-state index contributed by atoms with van der Waals surface area (Å²) in [5.41, 5.74) is 1.11. The number of hydrogen-bond acceptors (Lipinski definition) is 3. The molecule has 0 saturated heterocycles. The molecule has 0 saturated carbocycles. The summed E-state index contributed by atoms with van der Waals surface area (Å²) in [5.74, 6) is 2.31. The highest BCUT2D eigenvalue weighted by Gasteiger charge is 2.14. The van der Waals surface area contributed by atoms with Gasteiger partial charge in [0.25, 0.3) is 0 Å². The summed E-state index contributed by atoms with van der Waals surface area (Å²) in [6, 6.07) is 6.56. The molecule has 2 rings (SSSR count). The highest BCUT2D eigenvalue weighted by Crippen LogP contribution is 2.33. The Bertz CT molecular complexity index is 376. The van der Waals surface area contributed by atoms with Crippen molar-refractivity contribution in [3.8, 4) is 11.5 Å². The van der Waals surface area contributed by atoms with Crippen LogP contribution in [0.15, 0.2) is 18.2 Å². The lowest BCUT2D eigenvalue weighted by Gasteiger charge is -2.24. The van der Waals surface area contributed by atoms with Crippen molar-refractivity contribution in [3.05, 3.63) is 18.2 Å². The molecule has 0 aliphatic carbocycles. The Morgan fingerprint density at radius 3 is 2.53 bits per heavy atom. The first-order valence-electron chi connectivity index (χ1n) is 6.37. The third kappa shape index (κ3) is 2.84. The molecule has 0 amide bonds. The van der Waals surface area contributed by atoms with Gasteiger partial charge in [-0.05, 0) is 24.5 Å². The monoisotopic (exact) mass is 235 g/mol. The first kappa shape index (κ1) is 12.1. The van der Waals surface area contributed by atoms with Gasteiger partial charge in [-0.15, -0.1) is 0 Å². The second-order valence-corrected chi connectivity index (χ2v) is 4.76. The van der Waals surface area contributed by atoms with E-state index in [1.54, 1.807) is 0 Å². The summed E-state index contributed by atoms with van der Waals surface area (Å²) in [6.07, 6.45) is 1.12. The third-order valence-corrected chi connectivity index (χ3v) is 3.14. The lowest BCUT2D eigenvalue weighted by Crippen LogP contribution is -2.24. The molecule has 3 heteroatoms. The van der Waals surface area contributed by atoms with Crippen LogP contribution in [0.5, 0.6) is 11.5 Å². The minimum atomic E-state index is 0.498. The van der Waals surface area contributed by atoms with Gasteiger partial charge in [0.15, 0.2) is 11.5 Å². The maximum Gasteiger partial charge on any atom is 0.163 e. The number of ether oxygens (including phenoxy) is 2. The van der Waals surface area contributed by atoms with E-state index >= 15 is 0 Å². The standard InChI is InChI=1S/C14H21NO2/c1-4-12(10(2)3)15-11-5-6-13-14(9-11)17-8-7-16-13/h5-6,9-10,12,15H,4,7-8H2,1-3H3. The van der Waals surface area contributed by atoms with Gasteiger partial charge in [0, 0.05) is 17.8 Å². The summed E-state index contributed by atoms with van der Waals surface area (Å²) in [5, 5.41) is 3.54. The molecule has 17 heavy (non-hydrogen) atoms. The zero-order valence-corrected chi connectivity index (χ0v) is 10.8. The molecule has 1 aliphatic heterocycles. The SMILES string of the molecule is CCC(Nc1ccc2c(c1)OCCO2)C(C)C. The van der Waals surface area contributed by atoms with Gasteiger partial charge < -0.3 is 14.8 Å². The van der Waals surface area contributed by atoms with E-state index in [1.165, 1.54) is 0 Å². The van der Waals surface area contributed by atoms with E-state index in [9.17, 15) is 0 Å². The lowest BCUT2D eigenvalue weighted by molar-refractivity contribution is 0.171. The van der Waals surface area contributed by atoms with Crippen molar-refractivity contribution >= 4 is 5.69 Å². The topological polar surface area (TPSA) is 30.5 Å². The maximum absolute atomic E-state index is 5.57. The van der Waals surface area contributed by atoms with Crippen LogP contribution in [-0.4, -0.2) is 19.3 Å². The summed E-state index contributed by atoms with van der Waals surface area (Å²) in [4.78, 5) is 0. The van der Waals surface area contributed by atoms with Crippen molar-refractivity contribution in [2.24, 2.45) is 5.92 Å². The fourth-order valence-corrected chi connectivity index (χ4v) is 2.09. The fraction of sp³-hybridized carbons (Fsp3) is 0.571. The second-order valence-electron chi connectivity index (χ2n) is 4.76. The summed E-state index contributed by atoms with van der Waals surface area (Å²) < 4.78 is 11.1. The van der Waals surface area contributed by atoms with Crippen LogP contribution < -0.4 is 14.8 Å². The number of fused-ring (bicyclic) bond motifs is 1. The average Bonchev–Trinajstić information content (AvgIpc) is 2.35. The van der Waals surface area contributed by atoms with E-state index in [2.05, 4.69) is 32.2 Å². The van der Waals surface area contributed by atoms with Crippen molar-refractivity contribution in [2.75, 3.05) is 18.5 Å². The van der Waals surface area contributed by atoms with Crippen LogP contribution in [0, 0.1) is 5.92 Å². The van der Waals surface area contributed by atoms with Crippen LogP contribution in [0.2, 0.25) is 0 Å². The highest BCUT2D eigenvalue weighted by atomic mass is 16.6. The Hall–Kier alpha value is -1.38. The van der Waals surface area contributed by atoms with Crippen molar-refractivity contribution in [1.29, 1.82) is 0 Å². The van der Waals surface area contributed by atoms with E-state index in [0.717, 1.165) is 23.6 Å². The van der Waals surface area contributed by atoms with Crippen molar-refractivity contribution < 1.29 is 9.47 Å². The van der Waals surface area contributed by atoms with Crippen LogP contribution in [0.25, 0.3) is 0 Å². The highest BCUT2D eigenvalue weighted by molar-refractivity contribution is 5.55. The minimum Gasteiger partial charge on any atom is -0.486 e. The fourth-order valence-electron chi connectivity index (χ4n) is 2.09. The predicted octanol–water partition coefficient (Wildman–Crippen LogP) is 3.30. The van der Waals surface area contributed by atoms with Crippen molar-refractivity contribution in [3.63, 3.8) is 0 Å². The lowest BCUT2D eigenvalue weighted by atomic mass is 10.0. The van der Waals surface area contributed by atoms with Gasteiger partial charge in [0.2, 0.25) is 0 Å². The van der Waals surface area contributed by atoms with Gasteiger partial charge in [0.05, 0.1) is 0 Å². The number of rotatable bonds is 4. The van der Waals surface area contributed by atoms with Gasteiger partial charge in [-0.25, -0.2) is 0 Å². The van der Waals surface area contributed by atoms with Crippen molar-refractivity contribution in [1.82, 2.24) is 0 Å². The molecule has 1 heterocycles. The van der Waals surface area contributed by atoms with Gasteiger partial charge in [-0.2, -0.15) is 0 Å². The zero-order chi connectivity index (χ0) is 12.3. The number of nitrogens with one attached hydrogen (secondary N) is 1. The van der Waals surface area contributed by atoms with E-state index in [4.69, 9.17) is 9.47 Å². The molecule has 1 aliphatic rings. The maximum atomic E-state index is 5.57. The molecular weight excluding hydrogens is 214 g/mol. The number of hydrogen-bond donors (Lipinski definition) is 1. The van der Waals surface area contributed by atoms with Crippen LogP contribution in [-0.2, 0) is 0 Å². The molecule has 3 nitrogen and oxygen atoms in total. The molecule has 94 valence electrons. The molecule has 1 atom stereocenters. The number of benzene rings is 1.